The third-order valence-corrected chi connectivity index (χ3v) is 3.43. The highest BCUT2D eigenvalue weighted by Crippen LogP contribution is 2.14. The van der Waals surface area contributed by atoms with Gasteiger partial charge in [0.1, 0.15) is 11.6 Å². The predicted molar refractivity (Wildman–Crippen MR) is 70.1 cm³/mol. The van der Waals surface area contributed by atoms with Gasteiger partial charge in [0.15, 0.2) is 0 Å². The molecule has 2 rings (SSSR count). The van der Waals surface area contributed by atoms with Crippen LogP contribution < -0.4 is 11.1 Å². The number of amides is 1. The summed E-state index contributed by atoms with van der Waals surface area (Å²) in [5.41, 5.74) is 8.01. The van der Waals surface area contributed by atoms with Gasteiger partial charge in [0, 0.05) is 11.6 Å². The fourth-order valence-electron chi connectivity index (χ4n) is 1.57. The lowest BCUT2D eigenvalue weighted by molar-refractivity contribution is -0.122. The number of nitrogen functional groups attached to an aromatic ring is 1. The van der Waals surface area contributed by atoms with Crippen LogP contribution in [0.15, 0.2) is 11.6 Å². The second kappa shape index (κ2) is 5.18. The Morgan fingerprint density at radius 2 is 2.33 bits per heavy atom. The molecule has 6 nitrogen and oxygen atoms in total. The number of aromatic nitrogens is 3. The SMILES string of the molecule is Cc1nn(CC(=O)NCc2nccs2)c(C)c1N. The van der Waals surface area contributed by atoms with E-state index >= 15 is 0 Å². The summed E-state index contributed by atoms with van der Waals surface area (Å²) in [7, 11) is 0. The summed E-state index contributed by atoms with van der Waals surface area (Å²) >= 11 is 1.51. The minimum absolute atomic E-state index is 0.101. The first-order chi connectivity index (χ1) is 8.58. The van der Waals surface area contributed by atoms with Crippen LogP contribution in [0.1, 0.15) is 16.4 Å². The van der Waals surface area contributed by atoms with E-state index in [0.717, 1.165) is 16.4 Å². The predicted octanol–water partition coefficient (Wildman–Crippen LogP) is 0.855. The van der Waals surface area contributed by atoms with Gasteiger partial charge in [0.25, 0.3) is 0 Å². The van der Waals surface area contributed by atoms with E-state index in [4.69, 9.17) is 5.73 Å². The Balaban J connectivity index is 1.93. The number of thiazole rings is 1. The van der Waals surface area contributed by atoms with Crippen LogP contribution in [0.2, 0.25) is 0 Å². The molecule has 0 radical (unpaired) electrons. The van der Waals surface area contributed by atoms with Gasteiger partial charge in [0.05, 0.1) is 23.6 Å². The third-order valence-electron chi connectivity index (χ3n) is 2.65. The molecular weight excluding hydrogens is 250 g/mol. The van der Waals surface area contributed by atoms with E-state index in [1.54, 1.807) is 10.9 Å². The van der Waals surface area contributed by atoms with E-state index in [0.29, 0.717) is 12.2 Å². The average Bonchev–Trinajstić information content (AvgIpc) is 2.93. The van der Waals surface area contributed by atoms with Gasteiger partial charge in [-0.2, -0.15) is 5.10 Å². The van der Waals surface area contributed by atoms with Crippen molar-refractivity contribution in [1.29, 1.82) is 0 Å². The highest BCUT2D eigenvalue weighted by molar-refractivity contribution is 7.09. The average molecular weight is 265 g/mol. The second-order valence-corrected chi connectivity index (χ2v) is 4.92. The number of nitrogens with zero attached hydrogens (tertiary/aromatic N) is 3. The van der Waals surface area contributed by atoms with Crippen LogP contribution in [-0.2, 0) is 17.9 Å². The molecule has 2 heterocycles. The molecule has 0 saturated carbocycles. The highest BCUT2D eigenvalue weighted by atomic mass is 32.1. The van der Waals surface area contributed by atoms with Crippen LogP contribution in [0.25, 0.3) is 0 Å². The van der Waals surface area contributed by atoms with Crippen molar-refractivity contribution in [2.24, 2.45) is 0 Å². The molecule has 0 aliphatic carbocycles. The lowest BCUT2D eigenvalue weighted by Crippen LogP contribution is -2.27. The smallest absolute Gasteiger partial charge is 0.242 e. The molecule has 0 atom stereocenters. The number of rotatable bonds is 4. The van der Waals surface area contributed by atoms with Crippen LogP contribution in [0.5, 0.6) is 0 Å². The molecule has 0 fully saturated rings. The maximum Gasteiger partial charge on any atom is 0.242 e. The summed E-state index contributed by atoms with van der Waals surface area (Å²) in [6, 6.07) is 0. The lowest BCUT2D eigenvalue weighted by Gasteiger charge is -2.05. The quantitative estimate of drug-likeness (QED) is 0.858. The number of nitrogens with one attached hydrogen (secondary N) is 1. The molecule has 18 heavy (non-hydrogen) atoms. The van der Waals surface area contributed by atoms with E-state index in [9.17, 15) is 4.79 Å². The monoisotopic (exact) mass is 265 g/mol. The van der Waals surface area contributed by atoms with E-state index in [-0.39, 0.29) is 12.5 Å². The van der Waals surface area contributed by atoms with Crippen molar-refractivity contribution in [3.8, 4) is 0 Å². The van der Waals surface area contributed by atoms with Crippen LogP contribution >= 0.6 is 11.3 Å². The van der Waals surface area contributed by atoms with Crippen LogP contribution in [-0.4, -0.2) is 20.7 Å². The van der Waals surface area contributed by atoms with Gasteiger partial charge >= 0.3 is 0 Å². The molecule has 3 N–H and O–H groups in total. The first kappa shape index (κ1) is 12.6. The zero-order valence-corrected chi connectivity index (χ0v) is 11.1. The molecule has 2 aromatic rings. The zero-order valence-electron chi connectivity index (χ0n) is 10.3. The van der Waals surface area contributed by atoms with Crippen molar-refractivity contribution >= 4 is 22.9 Å². The Kier molecular flexibility index (Phi) is 3.61. The number of carbonyl (C=O) groups is 1. The van der Waals surface area contributed by atoms with Crippen molar-refractivity contribution in [2.75, 3.05) is 5.73 Å². The molecule has 0 bridgehead atoms. The van der Waals surface area contributed by atoms with Crippen LogP contribution in [0.3, 0.4) is 0 Å². The Morgan fingerprint density at radius 3 is 2.89 bits per heavy atom. The van der Waals surface area contributed by atoms with E-state index in [1.807, 2.05) is 19.2 Å². The summed E-state index contributed by atoms with van der Waals surface area (Å²) in [4.78, 5) is 15.8. The van der Waals surface area contributed by atoms with E-state index < -0.39 is 0 Å². The van der Waals surface area contributed by atoms with Gasteiger partial charge < -0.3 is 11.1 Å². The van der Waals surface area contributed by atoms with E-state index in [1.165, 1.54) is 11.3 Å². The Bertz CT molecular complexity index is 546. The fourth-order valence-corrected chi connectivity index (χ4v) is 2.13. The summed E-state index contributed by atoms with van der Waals surface area (Å²) in [6.45, 7) is 4.30. The lowest BCUT2D eigenvalue weighted by atomic mass is 10.3. The normalized spacial score (nSPS) is 10.6. The topological polar surface area (TPSA) is 85.8 Å². The van der Waals surface area contributed by atoms with Crippen LogP contribution in [0.4, 0.5) is 5.69 Å². The summed E-state index contributed by atoms with van der Waals surface area (Å²) in [6.07, 6.45) is 1.72. The minimum atomic E-state index is -0.101. The number of carbonyl (C=O) groups excluding carboxylic acids is 1. The van der Waals surface area contributed by atoms with Gasteiger partial charge in [0.2, 0.25) is 5.91 Å². The molecular formula is C11H15N5OS. The maximum atomic E-state index is 11.7. The number of hydrogen-bond acceptors (Lipinski definition) is 5. The van der Waals surface area contributed by atoms with Crippen molar-refractivity contribution in [2.45, 2.75) is 26.9 Å². The molecule has 0 aliphatic heterocycles. The highest BCUT2D eigenvalue weighted by Gasteiger charge is 2.11. The molecule has 0 aromatic carbocycles. The number of hydrogen-bond donors (Lipinski definition) is 2. The molecule has 7 heteroatoms. The molecule has 1 amide bonds. The minimum Gasteiger partial charge on any atom is -0.396 e. The molecule has 0 saturated heterocycles. The number of anilines is 1. The summed E-state index contributed by atoms with van der Waals surface area (Å²) in [5, 5.41) is 9.77. The van der Waals surface area contributed by atoms with Gasteiger partial charge in [-0.15, -0.1) is 11.3 Å². The Morgan fingerprint density at radius 1 is 1.56 bits per heavy atom. The van der Waals surface area contributed by atoms with Crippen molar-refractivity contribution < 1.29 is 4.79 Å². The number of nitrogens with two attached hydrogens (primary N) is 1. The van der Waals surface area contributed by atoms with Crippen molar-refractivity contribution in [3.63, 3.8) is 0 Å². The van der Waals surface area contributed by atoms with Crippen molar-refractivity contribution in [1.82, 2.24) is 20.1 Å². The Hall–Kier alpha value is -1.89. The largest absolute Gasteiger partial charge is 0.396 e. The maximum absolute atomic E-state index is 11.7. The van der Waals surface area contributed by atoms with Gasteiger partial charge in [-0.05, 0) is 13.8 Å². The molecule has 96 valence electrons. The summed E-state index contributed by atoms with van der Waals surface area (Å²) < 4.78 is 1.61. The van der Waals surface area contributed by atoms with Crippen molar-refractivity contribution in [3.05, 3.63) is 28.0 Å². The molecule has 0 spiro atoms. The fraction of sp³-hybridized carbons (Fsp3) is 0.364. The third kappa shape index (κ3) is 2.67. The summed E-state index contributed by atoms with van der Waals surface area (Å²) in [5.74, 6) is -0.101. The second-order valence-electron chi connectivity index (χ2n) is 3.94. The first-order valence-electron chi connectivity index (χ1n) is 5.52. The number of aryl methyl sites for hydroxylation is 1. The first-order valence-corrected chi connectivity index (χ1v) is 6.40. The molecule has 0 aliphatic rings. The standard InChI is InChI=1S/C11H15N5OS/c1-7-11(12)8(2)16(15-7)6-9(17)14-5-10-13-3-4-18-10/h3-4H,5-6,12H2,1-2H3,(H,14,17). The van der Waals surface area contributed by atoms with Crippen LogP contribution in [0, 0.1) is 13.8 Å². The zero-order chi connectivity index (χ0) is 13.1. The van der Waals surface area contributed by atoms with Gasteiger partial charge in [-0.3, -0.25) is 9.48 Å². The molecule has 0 unspecified atom stereocenters. The van der Waals surface area contributed by atoms with Gasteiger partial charge in [-0.1, -0.05) is 0 Å². The van der Waals surface area contributed by atoms with Gasteiger partial charge in [-0.25, -0.2) is 4.98 Å². The molecule has 2 aromatic heterocycles. The van der Waals surface area contributed by atoms with E-state index in [2.05, 4.69) is 15.4 Å². The Labute approximate surface area is 109 Å².